The summed E-state index contributed by atoms with van der Waals surface area (Å²) in [4.78, 5) is 0. The molecule has 0 amide bonds. The maximum Gasteiger partial charge on any atom is 0.117 e. The molecule has 3 heteroatoms. The normalized spacial score (nSPS) is 12.6. The lowest BCUT2D eigenvalue weighted by Gasteiger charge is -2.13. The van der Waals surface area contributed by atoms with Crippen molar-refractivity contribution in [2.75, 3.05) is 0 Å². The van der Waals surface area contributed by atoms with Gasteiger partial charge in [-0.25, -0.2) is 0 Å². The Kier molecular flexibility index (Phi) is 4.61. The van der Waals surface area contributed by atoms with E-state index in [1.165, 1.54) is 5.56 Å². The third-order valence-electron chi connectivity index (χ3n) is 3.00. The molecule has 96 valence electrons. The third-order valence-corrected chi connectivity index (χ3v) is 3.49. The maximum atomic E-state index is 5.67. The van der Waals surface area contributed by atoms with Crippen molar-refractivity contribution in [3.63, 3.8) is 0 Å². The lowest BCUT2D eigenvalue weighted by atomic mass is 10.1. The van der Waals surface area contributed by atoms with Crippen LogP contribution in [0, 0.1) is 0 Å². The van der Waals surface area contributed by atoms with Crippen LogP contribution in [0.2, 0.25) is 0 Å². The second kappa shape index (κ2) is 6.21. The number of aryl methyl sites for hydroxylation is 1. The Bertz CT molecular complexity index is 507. The molecule has 1 unspecified atom stereocenters. The molecule has 1 N–H and O–H groups in total. The van der Waals surface area contributed by atoms with Gasteiger partial charge in [0.15, 0.2) is 0 Å². The quantitative estimate of drug-likeness (QED) is 0.882. The number of furan rings is 1. The van der Waals surface area contributed by atoms with Crippen molar-refractivity contribution in [2.24, 2.45) is 0 Å². The first-order valence-corrected chi connectivity index (χ1v) is 7.04. The molecule has 0 bridgehead atoms. The van der Waals surface area contributed by atoms with Gasteiger partial charge in [-0.1, -0.05) is 35.0 Å². The van der Waals surface area contributed by atoms with Crippen molar-refractivity contribution in [3.05, 3.63) is 58.0 Å². The van der Waals surface area contributed by atoms with Crippen molar-refractivity contribution in [2.45, 2.75) is 32.9 Å². The average molecular weight is 308 g/mol. The van der Waals surface area contributed by atoms with Gasteiger partial charge in [0.1, 0.15) is 11.5 Å². The van der Waals surface area contributed by atoms with Gasteiger partial charge in [-0.05, 0) is 36.8 Å². The fourth-order valence-electron chi connectivity index (χ4n) is 1.85. The van der Waals surface area contributed by atoms with Gasteiger partial charge in [0, 0.05) is 16.9 Å². The Hall–Kier alpha value is -1.06. The van der Waals surface area contributed by atoms with Crippen LogP contribution in [-0.2, 0) is 13.0 Å². The van der Waals surface area contributed by atoms with Gasteiger partial charge in [-0.2, -0.15) is 0 Å². The van der Waals surface area contributed by atoms with E-state index in [9.17, 15) is 0 Å². The molecule has 2 nitrogen and oxygen atoms in total. The summed E-state index contributed by atoms with van der Waals surface area (Å²) in [5, 5.41) is 3.47. The van der Waals surface area contributed by atoms with Gasteiger partial charge >= 0.3 is 0 Å². The lowest BCUT2D eigenvalue weighted by Crippen LogP contribution is -2.17. The van der Waals surface area contributed by atoms with Gasteiger partial charge in [0.25, 0.3) is 0 Å². The van der Waals surface area contributed by atoms with Crippen LogP contribution in [0.25, 0.3) is 0 Å². The number of nitrogens with one attached hydrogen (secondary N) is 1. The SMILES string of the molecule is CCc1ccc(CNC(C)c2cccc(Br)c2)o1. The van der Waals surface area contributed by atoms with Crippen molar-refractivity contribution in [3.8, 4) is 0 Å². The van der Waals surface area contributed by atoms with Crippen molar-refractivity contribution >= 4 is 15.9 Å². The first-order chi connectivity index (χ1) is 8.69. The second-order valence-corrected chi connectivity index (χ2v) is 5.29. The summed E-state index contributed by atoms with van der Waals surface area (Å²) < 4.78 is 6.78. The average Bonchev–Trinajstić information content (AvgIpc) is 2.84. The highest BCUT2D eigenvalue weighted by molar-refractivity contribution is 9.10. The topological polar surface area (TPSA) is 25.2 Å². The van der Waals surface area contributed by atoms with E-state index in [-0.39, 0.29) is 0 Å². The van der Waals surface area contributed by atoms with E-state index in [2.05, 4.69) is 53.3 Å². The minimum absolute atomic E-state index is 0.303. The first kappa shape index (κ1) is 13.4. The molecule has 0 aliphatic rings. The van der Waals surface area contributed by atoms with Crippen LogP contribution in [0.1, 0.15) is 37.0 Å². The summed E-state index contributed by atoms with van der Waals surface area (Å²) in [6, 6.07) is 12.7. The van der Waals surface area contributed by atoms with Crippen molar-refractivity contribution < 1.29 is 4.42 Å². The molecule has 0 fully saturated rings. The standard InChI is InChI=1S/C15H18BrNO/c1-3-14-7-8-15(18-14)10-17-11(2)12-5-4-6-13(16)9-12/h4-9,11,17H,3,10H2,1-2H3. The van der Waals surface area contributed by atoms with Gasteiger partial charge in [-0.3, -0.25) is 0 Å². The predicted octanol–water partition coefficient (Wildman–Crippen LogP) is 4.46. The highest BCUT2D eigenvalue weighted by Crippen LogP contribution is 2.18. The van der Waals surface area contributed by atoms with Crippen molar-refractivity contribution in [1.82, 2.24) is 5.32 Å². The fourth-order valence-corrected chi connectivity index (χ4v) is 2.27. The second-order valence-electron chi connectivity index (χ2n) is 4.38. The zero-order chi connectivity index (χ0) is 13.0. The number of hydrogen-bond donors (Lipinski definition) is 1. The highest BCUT2D eigenvalue weighted by atomic mass is 79.9. The lowest BCUT2D eigenvalue weighted by molar-refractivity contribution is 0.435. The van der Waals surface area contributed by atoms with E-state index in [1.54, 1.807) is 0 Å². The van der Waals surface area contributed by atoms with Gasteiger partial charge < -0.3 is 9.73 Å². The summed E-state index contributed by atoms with van der Waals surface area (Å²) >= 11 is 3.49. The van der Waals surface area contributed by atoms with E-state index in [1.807, 2.05) is 18.2 Å². The molecule has 1 atom stereocenters. The monoisotopic (exact) mass is 307 g/mol. The molecule has 0 aliphatic heterocycles. The Labute approximate surface area is 117 Å². The summed E-state index contributed by atoms with van der Waals surface area (Å²) in [5.41, 5.74) is 1.27. The van der Waals surface area contributed by atoms with Crippen LogP contribution in [0.3, 0.4) is 0 Å². The van der Waals surface area contributed by atoms with Gasteiger partial charge in [0.05, 0.1) is 6.54 Å². The smallest absolute Gasteiger partial charge is 0.117 e. The van der Waals surface area contributed by atoms with Gasteiger partial charge in [0.2, 0.25) is 0 Å². The molecule has 2 aromatic rings. The largest absolute Gasteiger partial charge is 0.465 e. The zero-order valence-electron chi connectivity index (χ0n) is 10.7. The Morgan fingerprint density at radius 2 is 2.00 bits per heavy atom. The summed E-state index contributed by atoms with van der Waals surface area (Å²) in [7, 11) is 0. The Balaban J connectivity index is 1.93. The van der Waals surface area contributed by atoms with Gasteiger partial charge in [-0.15, -0.1) is 0 Å². The molecule has 1 aromatic carbocycles. The molecule has 2 rings (SSSR count). The molecule has 0 radical (unpaired) electrons. The van der Waals surface area contributed by atoms with E-state index in [0.717, 1.165) is 29.0 Å². The third kappa shape index (κ3) is 3.47. The van der Waals surface area contributed by atoms with Crippen LogP contribution in [0.5, 0.6) is 0 Å². The Morgan fingerprint density at radius 3 is 2.67 bits per heavy atom. The molecule has 0 spiro atoms. The number of benzene rings is 1. The highest BCUT2D eigenvalue weighted by Gasteiger charge is 2.06. The van der Waals surface area contributed by atoms with E-state index in [0.29, 0.717) is 6.04 Å². The summed E-state index contributed by atoms with van der Waals surface area (Å²) in [5.74, 6) is 2.04. The summed E-state index contributed by atoms with van der Waals surface area (Å²) in [6.45, 7) is 5.01. The number of halogens is 1. The van der Waals surface area contributed by atoms with Crippen molar-refractivity contribution in [1.29, 1.82) is 0 Å². The molecule has 0 saturated heterocycles. The zero-order valence-corrected chi connectivity index (χ0v) is 12.3. The molecule has 1 aromatic heterocycles. The number of rotatable bonds is 5. The Morgan fingerprint density at radius 1 is 1.22 bits per heavy atom. The molecular weight excluding hydrogens is 290 g/mol. The molecule has 1 heterocycles. The minimum atomic E-state index is 0.303. The van der Waals surface area contributed by atoms with Crippen LogP contribution in [0.4, 0.5) is 0 Å². The van der Waals surface area contributed by atoms with Crippen LogP contribution in [0.15, 0.2) is 45.3 Å². The molecule has 0 saturated carbocycles. The first-order valence-electron chi connectivity index (χ1n) is 6.25. The van der Waals surface area contributed by atoms with E-state index < -0.39 is 0 Å². The minimum Gasteiger partial charge on any atom is -0.465 e. The predicted molar refractivity (Wildman–Crippen MR) is 77.5 cm³/mol. The molecule has 18 heavy (non-hydrogen) atoms. The molecule has 0 aliphatic carbocycles. The van der Waals surface area contributed by atoms with E-state index >= 15 is 0 Å². The maximum absolute atomic E-state index is 5.67. The fraction of sp³-hybridized carbons (Fsp3) is 0.333. The molecular formula is C15H18BrNO. The van der Waals surface area contributed by atoms with Crippen LogP contribution >= 0.6 is 15.9 Å². The number of hydrogen-bond acceptors (Lipinski definition) is 2. The van der Waals surface area contributed by atoms with Crippen LogP contribution in [-0.4, -0.2) is 0 Å². The van der Waals surface area contributed by atoms with E-state index in [4.69, 9.17) is 4.42 Å². The summed E-state index contributed by atoms with van der Waals surface area (Å²) in [6.07, 6.45) is 0.946. The van der Waals surface area contributed by atoms with Crippen LogP contribution < -0.4 is 5.32 Å².